The second-order valence-corrected chi connectivity index (χ2v) is 5.89. The number of aliphatic hydroxyl groups excluding tert-OH is 1. The molecule has 3 rings (SSSR count). The predicted molar refractivity (Wildman–Crippen MR) is 101 cm³/mol. The van der Waals surface area contributed by atoms with Crippen LogP contribution in [0.15, 0.2) is 67.0 Å². The standard InChI is InChI=1S/C21H20N2O3/c1-15-2-5-17(14-20(15)26-19-8-11-22-12-9-19)21(25)23-18-6-3-16(4-7-18)10-13-24/h2-9,11-12,14,24H,10,13H2,1H3,(H,23,25). The highest BCUT2D eigenvalue weighted by molar-refractivity contribution is 6.04. The molecular weight excluding hydrogens is 328 g/mol. The summed E-state index contributed by atoms with van der Waals surface area (Å²) in [6.45, 7) is 2.04. The van der Waals surface area contributed by atoms with Gasteiger partial charge in [0.2, 0.25) is 0 Å². The van der Waals surface area contributed by atoms with Crippen molar-refractivity contribution in [2.24, 2.45) is 0 Å². The second kappa shape index (κ2) is 8.27. The Labute approximate surface area is 152 Å². The molecule has 2 N–H and O–H groups in total. The Morgan fingerprint density at radius 1 is 1.08 bits per heavy atom. The maximum atomic E-state index is 12.5. The van der Waals surface area contributed by atoms with E-state index in [4.69, 9.17) is 9.84 Å². The van der Waals surface area contributed by atoms with Crippen LogP contribution in [0, 0.1) is 6.92 Å². The first-order valence-corrected chi connectivity index (χ1v) is 8.35. The normalized spacial score (nSPS) is 10.4. The number of pyridine rings is 1. The van der Waals surface area contributed by atoms with Gasteiger partial charge in [0.05, 0.1) is 0 Å². The molecule has 0 bridgehead atoms. The minimum Gasteiger partial charge on any atom is -0.457 e. The Bertz CT molecular complexity index is 878. The van der Waals surface area contributed by atoms with Crippen LogP contribution in [-0.4, -0.2) is 22.6 Å². The van der Waals surface area contributed by atoms with Crippen molar-refractivity contribution < 1.29 is 14.6 Å². The van der Waals surface area contributed by atoms with Gasteiger partial charge in [0.15, 0.2) is 0 Å². The lowest BCUT2D eigenvalue weighted by Crippen LogP contribution is -2.12. The summed E-state index contributed by atoms with van der Waals surface area (Å²) in [6, 6.07) is 16.3. The van der Waals surface area contributed by atoms with Crippen molar-refractivity contribution >= 4 is 11.6 Å². The molecule has 0 aliphatic heterocycles. The van der Waals surface area contributed by atoms with Gasteiger partial charge in [0.1, 0.15) is 11.5 Å². The summed E-state index contributed by atoms with van der Waals surface area (Å²) in [5, 5.41) is 11.8. The van der Waals surface area contributed by atoms with Gasteiger partial charge >= 0.3 is 0 Å². The number of rotatable bonds is 6. The van der Waals surface area contributed by atoms with Crippen molar-refractivity contribution in [3.63, 3.8) is 0 Å². The highest BCUT2D eigenvalue weighted by Gasteiger charge is 2.10. The molecule has 5 heteroatoms. The van der Waals surface area contributed by atoms with Gasteiger partial charge < -0.3 is 15.2 Å². The van der Waals surface area contributed by atoms with Crippen molar-refractivity contribution in [2.75, 3.05) is 11.9 Å². The van der Waals surface area contributed by atoms with Crippen molar-refractivity contribution in [1.29, 1.82) is 0 Å². The zero-order chi connectivity index (χ0) is 18.4. The Morgan fingerprint density at radius 3 is 2.50 bits per heavy atom. The molecule has 0 saturated carbocycles. The van der Waals surface area contributed by atoms with Crippen LogP contribution in [-0.2, 0) is 6.42 Å². The number of nitrogens with zero attached hydrogens (tertiary/aromatic N) is 1. The number of nitrogens with one attached hydrogen (secondary N) is 1. The van der Waals surface area contributed by atoms with Gasteiger partial charge in [-0.15, -0.1) is 0 Å². The molecule has 132 valence electrons. The van der Waals surface area contributed by atoms with Gasteiger partial charge in [-0.1, -0.05) is 18.2 Å². The van der Waals surface area contributed by atoms with Crippen LogP contribution in [0.1, 0.15) is 21.5 Å². The van der Waals surface area contributed by atoms with Crippen LogP contribution in [0.5, 0.6) is 11.5 Å². The van der Waals surface area contributed by atoms with Crippen LogP contribution in [0.4, 0.5) is 5.69 Å². The quantitative estimate of drug-likeness (QED) is 0.707. The largest absolute Gasteiger partial charge is 0.457 e. The number of aryl methyl sites for hydroxylation is 1. The first kappa shape index (κ1) is 17.6. The number of anilines is 1. The number of amides is 1. The van der Waals surface area contributed by atoms with Gasteiger partial charge in [0.25, 0.3) is 5.91 Å². The summed E-state index contributed by atoms with van der Waals surface area (Å²) >= 11 is 0. The van der Waals surface area contributed by atoms with Crippen molar-refractivity contribution in [3.05, 3.63) is 83.7 Å². The molecule has 1 heterocycles. The minimum atomic E-state index is -0.209. The molecule has 0 atom stereocenters. The zero-order valence-corrected chi connectivity index (χ0v) is 14.5. The topological polar surface area (TPSA) is 71.5 Å². The van der Waals surface area contributed by atoms with Crippen LogP contribution >= 0.6 is 0 Å². The van der Waals surface area contributed by atoms with E-state index < -0.39 is 0 Å². The fourth-order valence-electron chi connectivity index (χ4n) is 2.47. The van der Waals surface area contributed by atoms with Crippen molar-refractivity contribution in [2.45, 2.75) is 13.3 Å². The van der Waals surface area contributed by atoms with E-state index in [2.05, 4.69) is 10.3 Å². The number of carbonyl (C=O) groups is 1. The number of hydrogen-bond acceptors (Lipinski definition) is 4. The average Bonchev–Trinajstić information content (AvgIpc) is 2.66. The fraction of sp³-hybridized carbons (Fsp3) is 0.143. The Hall–Kier alpha value is -3.18. The number of benzene rings is 2. The lowest BCUT2D eigenvalue weighted by molar-refractivity contribution is 0.102. The fourth-order valence-corrected chi connectivity index (χ4v) is 2.47. The van der Waals surface area contributed by atoms with E-state index in [0.717, 1.165) is 11.1 Å². The summed E-state index contributed by atoms with van der Waals surface area (Å²) in [6.07, 6.45) is 3.91. The molecule has 26 heavy (non-hydrogen) atoms. The SMILES string of the molecule is Cc1ccc(C(=O)Nc2ccc(CCO)cc2)cc1Oc1ccncc1. The Kier molecular flexibility index (Phi) is 5.61. The number of hydrogen-bond donors (Lipinski definition) is 2. The maximum absolute atomic E-state index is 12.5. The van der Waals surface area contributed by atoms with E-state index in [9.17, 15) is 4.79 Å². The number of aliphatic hydroxyl groups is 1. The molecular formula is C21H20N2O3. The molecule has 1 aromatic heterocycles. The van der Waals surface area contributed by atoms with E-state index >= 15 is 0 Å². The average molecular weight is 348 g/mol. The monoisotopic (exact) mass is 348 g/mol. The second-order valence-electron chi connectivity index (χ2n) is 5.89. The number of ether oxygens (including phenoxy) is 1. The molecule has 0 saturated heterocycles. The summed E-state index contributed by atoms with van der Waals surface area (Å²) < 4.78 is 5.85. The third kappa shape index (κ3) is 4.46. The van der Waals surface area contributed by atoms with E-state index in [1.54, 1.807) is 36.7 Å². The van der Waals surface area contributed by atoms with Gasteiger partial charge in [-0.25, -0.2) is 0 Å². The minimum absolute atomic E-state index is 0.106. The highest BCUT2D eigenvalue weighted by atomic mass is 16.5. The molecule has 0 aliphatic carbocycles. The van der Waals surface area contributed by atoms with Crippen LogP contribution in [0.2, 0.25) is 0 Å². The number of aromatic nitrogens is 1. The summed E-state index contributed by atoms with van der Waals surface area (Å²) in [5.41, 5.74) is 3.17. The maximum Gasteiger partial charge on any atom is 0.255 e. The molecule has 0 radical (unpaired) electrons. The summed E-state index contributed by atoms with van der Waals surface area (Å²) in [5.74, 6) is 1.08. The smallest absolute Gasteiger partial charge is 0.255 e. The molecule has 2 aromatic carbocycles. The van der Waals surface area contributed by atoms with Crippen molar-refractivity contribution in [3.8, 4) is 11.5 Å². The van der Waals surface area contributed by atoms with Gasteiger partial charge in [-0.2, -0.15) is 0 Å². The predicted octanol–water partition coefficient (Wildman–Crippen LogP) is 3.97. The van der Waals surface area contributed by atoms with E-state index in [1.165, 1.54) is 0 Å². The Morgan fingerprint density at radius 2 is 1.81 bits per heavy atom. The Balaban J connectivity index is 1.74. The molecule has 5 nitrogen and oxygen atoms in total. The molecule has 0 aliphatic rings. The lowest BCUT2D eigenvalue weighted by Gasteiger charge is -2.11. The van der Waals surface area contributed by atoms with Crippen molar-refractivity contribution in [1.82, 2.24) is 4.98 Å². The summed E-state index contributed by atoms with van der Waals surface area (Å²) in [4.78, 5) is 16.5. The highest BCUT2D eigenvalue weighted by Crippen LogP contribution is 2.26. The molecule has 0 unspecified atom stereocenters. The van der Waals surface area contributed by atoms with E-state index in [-0.39, 0.29) is 12.5 Å². The summed E-state index contributed by atoms with van der Waals surface area (Å²) in [7, 11) is 0. The molecule has 0 fully saturated rings. The first-order valence-electron chi connectivity index (χ1n) is 8.35. The van der Waals surface area contributed by atoms with Crippen LogP contribution < -0.4 is 10.1 Å². The zero-order valence-electron chi connectivity index (χ0n) is 14.5. The number of carbonyl (C=O) groups excluding carboxylic acids is 1. The molecule has 3 aromatic rings. The van der Waals surface area contributed by atoms with Gasteiger partial charge in [-0.05, 0) is 60.9 Å². The van der Waals surface area contributed by atoms with Gasteiger partial charge in [0, 0.05) is 30.3 Å². The van der Waals surface area contributed by atoms with Crippen LogP contribution in [0.25, 0.3) is 0 Å². The lowest BCUT2D eigenvalue weighted by atomic mass is 10.1. The third-order valence-electron chi connectivity index (χ3n) is 3.94. The van der Waals surface area contributed by atoms with Crippen LogP contribution in [0.3, 0.4) is 0 Å². The first-order chi connectivity index (χ1) is 12.7. The molecule has 1 amide bonds. The van der Waals surface area contributed by atoms with E-state index in [0.29, 0.717) is 29.2 Å². The van der Waals surface area contributed by atoms with Gasteiger partial charge in [-0.3, -0.25) is 9.78 Å². The third-order valence-corrected chi connectivity index (χ3v) is 3.94. The van der Waals surface area contributed by atoms with E-state index in [1.807, 2.05) is 37.3 Å². The molecule has 0 spiro atoms.